The number of rotatable bonds is 6. The standard InChI is InChI=1S/C15H26N2O/c1-3-5-6-10-15(18)17(12-4-2)13-14-9-7-8-11-16-14/h3,5-6,10,14,16H,4,7-9,11-13H2,1-2H3/b5-3?,10-6+. The van der Waals surface area contributed by atoms with Crippen LogP contribution in [0, 0.1) is 0 Å². The van der Waals surface area contributed by atoms with Gasteiger partial charge in [-0.15, -0.1) is 0 Å². The summed E-state index contributed by atoms with van der Waals surface area (Å²) < 4.78 is 0. The summed E-state index contributed by atoms with van der Waals surface area (Å²) in [4.78, 5) is 14.0. The minimum absolute atomic E-state index is 0.127. The number of carbonyl (C=O) groups excluding carboxylic acids is 1. The molecule has 0 aromatic heterocycles. The van der Waals surface area contributed by atoms with Gasteiger partial charge in [0, 0.05) is 25.2 Å². The Morgan fingerprint density at radius 2 is 2.22 bits per heavy atom. The van der Waals surface area contributed by atoms with E-state index in [-0.39, 0.29) is 5.91 Å². The van der Waals surface area contributed by atoms with E-state index >= 15 is 0 Å². The molecule has 1 unspecified atom stereocenters. The fourth-order valence-corrected chi connectivity index (χ4v) is 2.26. The molecular weight excluding hydrogens is 224 g/mol. The van der Waals surface area contributed by atoms with E-state index in [1.54, 1.807) is 6.08 Å². The van der Waals surface area contributed by atoms with Crippen LogP contribution in [0.25, 0.3) is 0 Å². The van der Waals surface area contributed by atoms with Gasteiger partial charge >= 0.3 is 0 Å². The van der Waals surface area contributed by atoms with E-state index in [9.17, 15) is 4.79 Å². The lowest BCUT2D eigenvalue weighted by Crippen LogP contribution is -2.45. The maximum atomic E-state index is 12.1. The van der Waals surface area contributed by atoms with E-state index in [1.165, 1.54) is 19.3 Å². The summed E-state index contributed by atoms with van der Waals surface area (Å²) in [5.74, 6) is 0.127. The Kier molecular flexibility index (Phi) is 7.42. The molecule has 0 spiro atoms. The van der Waals surface area contributed by atoms with E-state index in [0.29, 0.717) is 6.04 Å². The first-order chi connectivity index (χ1) is 8.77. The van der Waals surface area contributed by atoms with Crippen molar-refractivity contribution in [3.63, 3.8) is 0 Å². The van der Waals surface area contributed by atoms with Crippen molar-refractivity contribution in [3.8, 4) is 0 Å². The molecular formula is C15H26N2O. The first-order valence-corrected chi connectivity index (χ1v) is 7.09. The summed E-state index contributed by atoms with van der Waals surface area (Å²) in [5.41, 5.74) is 0. The molecule has 0 radical (unpaired) electrons. The van der Waals surface area contributed by atoms with E-state index in [4.69, 9.17) is 0 Å². The number of nitrogens with zero attached hydrogens (tertiary/aromatic N) is 1. The fraction of sp³-hybridized carbons (Fsp3) is 0.667. The fourth-order valence-electron chi connectivity index (χ4n) is 2.26. The van der Waals surface area contributed by atoms with Gasteiger partial charge in [0.25, 0.3) is 0 Å². The molecule has 0 aromatic rings. The Hall–Kier alpha value is -1.09. The van der Waals surface area contributed by atoms with E-state index in [2.05, 4.69) is 12.2 Å². The zero-order valence-electron chi connectivity index (χ0n) is 11.7. The van der Waals surface area contributed by atoms with E-state index in [0.717, 1.165) is 26.1 Å². The molecule has 1 heterocycles. The predicted octanol–water partition coefficient (Wildman–Crippen LogP) is 2.50. The molecule has 1 aliphatic heterocycles. The lowest BCUT2D eigenvalue weighted by molar-refractivity contribution is -0.126. The molecule has 18 heavy (non-hydrogen) atoms. The van der Waals surface area contributed by atoms with Crippen molar-refractivity contribution in [2.24, 2.45) is 0 Å². The molecule has 1 saturated heterocycles. The summed E-state index contributed by atoms with van der Waals surface area (Å²) in [7, 11) is 0. The third kappa shape index (κ3) is 5.50. The average molecular weight is 250 g/mol. The van der Waals surface area contributed by atoms with Gasteiger partial charge in [-0.1, -0.05) is 31.6 Å². The number of amides is 1. The summed E-state index contributed by atoms with van der Waals surface area (Å²) in [6.07, 6.45) is 12.0. The van der Waals surface area contributed by atoms with Crippen molar-refractivity contribution >= 4 is 5.91 Å². The van der Waals surface area contributed by atoms with Gasteiger partial charge in [0.2, 0.25) is 5.91 Å². The smallest absolute Gasteiger partial charge is 0.246 e. The SMILES string of the molecule is CC=C/C=C/C(=O)N(CCC)CC1CCCCN1. The monoisotopic (exact) mass is 250 g/mol. The zero-order valence-corrected chi connectivity index (χ0v) is 11.7. The average Bonchev–Trinajstić information content (AvgIpc) is 2.39. The Morgan fingerprint density at radius 3 is 2.83 bits per heavy atom. The highest BCUT2D eigenvalue weighted by Gasteiger charge is 2.18. The van der Waals surface area contributed by atoms with E-state index < -0.39 is 0 Å². The molecule has 1 amide bonds. The predicted molar refractivity (Wildman–Crippen MR) is 76.5 cm³/mol. The Bertz CT molecular complexity index is 291. The highest BCUT2D eigenvalue weighted by molar-refractivity contribution is 5.87. The quantitative estimate of drug-likeness (QED) is 0.580. The number of hydrogen-bond donors (Lipinski definition) is 1. The molecule has 102 valence electrons. The van der Waals surface area contributed by atoms with Crippen LogP contribution < -0.4 is 5.32 Å². The number of nitrogens with one attached hydrogen (secondary N) is 1. The third-order valence-corrected chi connectivity index (χ3v) is 3.20. The lowest BCUT2D eigenvalue weighted by atomic mass is 10.0. The minimum atomic E-state index is 0.127. The van der Waals surface area contributed by atoms with E-state index in [1.807, 2.05) is 30.1 Å². The van der Waals surface area contributed by atoms with Crippen LogP contribution in [0.1, 0.15) is 39.5 Å². The van der Waals surface area contributed by atoms with Crippen LogP contribution in [0.5, 0.6) is 0 Å². The first kappa shape index (κ1) is 15.0. The van der Waals surface area contributed by atoms with Gasteiger partial charge in [-0.05, 0) is 32.7 Å². The maximum Gasteiger partial charge on any atom is 0.246 e. The molecule has 3 heteroatoms. The number of hydrogen-bond acceptors (Lipinski definition) is 2. The number of carbonyl (C=O) groups is 1. The summed E-state index contributed by atoms with van der Waals surface area (Å²) in [5, 5.41) is 3.50. The van der Waals surface area contributed by atoms with Gasteiger partial charge in [-0.3, -0.25) is 4.79 Å². The van der Waals surface area contributed by atoms with Crippen LogP contribution >= 0.6 is 0 Å². The topological polar surface area (TPSA) is 32.3 Å². The second-order valence-electron chi connectivity index (χ2n) is 4.82. The Morgan fingerprint density at radius 1 is 1.39 bits per heavy atom. The largest absolute Gasteiger partial charge is 0.338 e. The molecule has 1 fully saturated rings. The van der Waals surface area contributed by atoms with Crippen LogP contribution in [0.15, 0.2) is 24.3 Å². The van der Waals surface area contributed by atoms with Crippen molar-refractivity contribution in [1.29, 1.82) is 0 Å². The van der Waals surface area contributed by atoms with Gasteiger partial charge < -0.3 is 10.2 Å². The first-order valence-electron chi connectivity index (χ1n) is 7.09. The molecule has 0 saturated carbocycles. The maximum absolute atomic E-state index is 12.1. The van der Waals surface area contributed by atoms with Gasteiger partial charge in [0.1, 0.15) is 0 Å². The second kappa shape index (κ2) is 8.92. The van der Waals surface area contributed by atoms with Crippen molar-refractivity contribution in [1.82, 2.24) is 10.2 Å². The van der Waals surface area contributed by atoms with Crippen molar-refractivity contribution in [2.75, 3.05) is 19.6 Å². The normalized spacial score (nSPS) is 20.7. The second-order valence-corrected chi connectivity index (χ2v) is 4.82. The van der Waals surface area contributed by atoms with Gasteiger partial charge in [-0.25, -0.2) is 0 Å². The lowest BCUT2D eigenvalue weighted by Gasteiger charge is -2.30. The number of allylic oxidation sites excluding steroid dienone is 3. The van der Waals surface area contributed by atoms with Crippen molar-refractivity contribution in [2.45, 2.75) is 45.6 Å². The summed E-state index contributed by atoms with van der Waals surface area (Å²) >= 11 is 0. The Labute approximate surface area is 111 Å². The highest BCUT2D eigenvalue weighted by atomic mass is 16.2. The van der Waals surface area contributed by atoms with Gasteiger partial charge in [0.15, 0.2) is 0 Å². The van der Waals surface area contributed by atoms with Crippen LogP contribution in [-0.4, -0.2) is 36.5 Å². The Balaban J connectivity index is 2.49. The molecule has 3 nitrogen and oxygen atoms in total. The van der Waals surface area contributed by atoms with Crippen molar-refractivity contribution < 1.29 is 4.79 Å². The van der Waals surface area contributed by atoms with Crippen LogP contribution in [0.3, 0.4) is 0 Å². The van der Waals surface area contributed by atoms with Crippen LogP contribution in [0.2, 0.25) is 0 Å². The highest BCUT2D eigenvalue weighted by Crippen LogP contribution is 2.09. The molecule has 1 aliphatic rings. The molecule has 0 aliphatic carbocycles. The molecule has 0 aromatic carbocycles. The van der Waals surface area contributed by atoms with Gasteiger partial charge in [0.05, 0.1) is 0 Å². The summed E-state index contributed by atoms with van der Waals surface area (Å²) in [6.45, 7) is 6.84. The molecule has 1 rings (SSSR count). The number of piperidine rings is 1. The molecule has 1 N–H and O–H groups in total. The molecule has 0 bridgehead atoms. The molecule has 1 atom stereocenters. The van der Waals surface area contributed by atoms with Crippen LogP contribution in [0.4, 0.5) is 0 Å². The zero-order chi connectivity index (χ0) is 13.2. The van der Waals surface area contributed by atoms with Crippen molar-refractivity contribution in [3.05, 3.63) is 24.3 Å². The summed E-state index contributed by atoms with van der Waals surface area (Å²) in [6, 6.07) is 0.476. The van der Waals surface area contributed by atoms with Gasteiger partial charge in [-0.2, -0.15) is 0 Å². The van der Waals surface area contributed by atoms with Crippen LogP contribution in [-0.2, 0) is 4.79 Å². The minimum Gasteiger partial charge on any atom is -0.338 e. The third-order valence-electron chi connectivity index (χ3n) is 3.20.